The number of halogens is 1. The molecule has 17 heavy (non-hydrogen) atoms. The van der Waals surface area contributed by atoms with Crippen molar-refractivity contribution in [1.82, 2.24) is 0 Å². The summed E-state index contributed by atoms with van der Waals surface area (Å²) in [6, 6.07) is 3.35. The fourth-order valence-electron chi connectivity index (χ4n) is 1.15. The summed E-state index contributed by atoms with van der Waals surface area (Å²) < 4.78 is 0. The molecule has 0 aliphatic heterocycles. The van der Waals surface area contributed by atoms with Crippen LogP contribution < -0.4 is 5.32 Å². The van der Waals surface area contributed by atoms with Gasteiger partial charge in [0, 0.05) is 18.7 Å². The number of aromatic carboxylic acids is 1. The molecule has 0 aliphatic carbocycles. The quantitative estimate of drug-likeness (QED) is 0.634. The second kappa shape index (κ2) is 5.80. The van der Waals surface area contributed by atoms with Crippen LogP contribution in [0.3, 0.4) is 0 Å². The van der Waals surface area contributed by atoms with Gasteiger partial charge >= 0.3 is 5.97 Å². The molecule has 0 bridgehead atoms. The third-order valence-electron chi connectivity index (χ3n) is 1.74. The number of rotatable bonds is 3. The van der Waals surface area contributed by atoms with Gasteiger partial charge in [0.2, 0.25) is 5.91 Å². The lowest BCUT2D eigenvalue weighted by molar-refractivity contribution is -0.385. The summed E-state index contributed by atoms with van der Waals surface area (Å²) in [5.41, 5.74) is -0.770. The highest BCUT2D eigenvalue weighted by Gasteiger charge is 2.19. The van der Waals surface area contributed by atoms with Gasteiger partial charge in [0.1, 0.15) is 5.56 Å². The molecule has 0 unspecified atom stereocenters. The first-order chi connectivity index (χ1) is 7.41. The van der Waals surface area contributed by atoms with Gasteiger partial charge in [-0.05, 0) is 12.1 Å². The first-order valence-corrected chi connectivity index (χ1v) is 4.21. The Labute approximate surface area is 102 Å². The van der Waals surface area contributed by atoms with Crippen molar-refractivity contribution in [2.24, 2.45) is 0 Å². The maximum atomic E-state index is 10.7. The summed E-state index contributed by atoms with van der Waals surface area (Å²) in [5.74, 6) is -1.80. The van der Waals surface area contributed by atoms with Crippen molar-refractivity contribution in [1.29, 1.82) is 0 Å². The van der Waals surface area contributed by atoms with Crippen LogP contribution in [-0.4, -0.2) is 21.9 Å². The number of amides is 1. The van der Waals surface area contributed by atoms with Crippen LogP contribution in [-0.2, 0) is 4.79 Å². The van der Waals surface area contributed by atoms with Crippen molar-refractivity contribution in [3.63, 3.8) is 0 Å². The third kappa shape index (κ3) is 3.72. The minimum atomic E-state index is -1.42. The molecule has 0 saturated carbocycles. The van der Waals surface area contributed by atoms with Crippen LogP contribution in [0.2, 0.25) is 0 Å². The van der Waals surface area contributed by atoms with E-state index in [0.717, 1.165) is 12.1 Å². The van der Waals surface area contributed by atoms with E-state index in [1.807, 2.05) is 0 Å². The molecule has 0 aromatic heterocycles. The molecule has 0 spiro atoms. The molecule has 0 aliphatic rings. The van der Waals surface area contributed by atoms with Crippen LogP contribution in [0.25, 0.3) is 0 Å². The summed E-state index contributed by atoms with van der Waals surface area (Å²) in [6.07, 6.45) is 0. The molecule has 8 heteroatoms. The highest BCUT2D eigenvalue weighted by atomic mass is 35.5. The van der Waals surface area contributed by atoms with Crippen LogP contribution in [0.15, 0.2) is 18.2 Å². The molecule has 2 N–H and O–H groups in total. The summed E-state index contributed by atoms with van der Waals surface area (Å²) in [6.45, 7) is 1.25. The fraction of sp³-hybridized carbons (Fsp3) is 0.111. The maximum absolute atomic E-state index is 10.7. The van der Waals surface area contributed by atoms with Gasteiger partial charge in [0.05, 0.1) is 4.92 Å². The number of anilines is 1. The fourth-order valence-corrected chi connectivity index (χ4v) is 1.15. The molecular formula is C9H9ClN2O5. The summed E-state index contributed by atoms with van der Waals surface area (Å²) >= 11 is 0. The van der Waals surface area contributed by atoms with Crippen LogP contribution in [0, 0.1) is 10.1 Å². The van der Waals surface area contributed by atoms with Crippen molar-refractivity contribution in [2.75, 3.05) is 5.32 Å². The number of carbonyl (C=O) groups excluding carboxylic acids is 1. The van der Waals surface area contributed by atoms with Crippen molar-refractivity contribution >= 4 is 35.7 Å². The topological polar surface area (TPSA) is 110 Å². The number of nitrogens with one attached hydrogen (secondary N) is 1. The lowest BCUT2D eigenvalue weighted by Crippen LogP contribution is -2.08. The van der Waals surface area contributed by atoms with E-state index in [2.05, 4.69) is 5.32 Å². The van der Waals surface area contributed by atoms with Crippen LogP contribution in [0.5, 0.6) is 0 Å². The zero-order valence-electron chi connectivity index (χ0n) is 8.67. The summed E-state index contributed by atoms with van der Waals surface area (Å²) in [7, 11) is 0. The second-order valence-electron chi connectivity index (χ2n) is 2.98. The van der Waals surface area contributed by atoms with Crippen LogP contribution in [0.1, 0.15) is 17.3 Å². The van der Waals surface area contributed by atoms with E-state index in [1.165, 1.54) is 13.0 Å². The summed E-state index contributed by atoms with van der Waals surface area (Å²) in [5, 5.41) is 21.6. The van der Waals surface area contributed by atoms with Gasteiger partial charge in [-0.15, -0.1) is 12.4 Å². The lowest BCUT2D eigenvalue weighted by Gasteiger charge is -2.03. The number of nitro benzene ring substituents is 1. The van der Waals surface area contributed by atoms with Crippen molar-refractivity contribution in [3.05, 3.63) is 33.9 Å². The number of carboxylic acid groups (broad SMARTS) is 1. The molecule has 1 rings (SSSR count). The average molecular weight is 261 g/mol. The minimum absolute atomic E-state index is 0. The normalized spacial score (nSPS) is 9.00. The predicted molar refractivity (Wildman–Crippen MR) is 61.6 cm³/mol. The third-order valence-corrected chi connectivity index (χ3v) is 1.74. The first kappa shape index (κ1) is 14.8. The number of carboxylic acids is 1. The van der Waals surface area contributed by atoms with Gasteiger partial charge in [-0.25, -0.2) is 4.79 Å². The van der Waals surface area contributed by atoms with Crippen LogP contribution >= 0.6 is 12.4 Å². The van der Waals surface area contributed by atoms with Crippen molar-refractivity contribution in [3.8, 4) is 0 Å². The van der Waals surface area contributed by atoms with Crippen molar-refractivity contribution in [2.45, 2.75) is 6.92 Å². The van der Waals surface area contributed by atoms with E-state index >= 15 is 0 Å². The molecule has 0 radical (unpaired) electrons. The summed E-state index contributed by atoms with van der Waals surface area (Å²) in [4.78, 5) is 31.2. The van der Waals surface area contributed by atoms with E-state index in [1.54, 1.807) is 0 Å². The van der Waals surface area contributed by atoms with Gasteiger partial charge in [0.15, 0.2) is 0 Å². The van der Waals surface area contributed by atoms with E-state index < -0.39 is 22.1 Å². The van der Waals surface area contributed by atoms with E-state index in [-0.39, 0.29) is 24.0 Å². The molecule has 0 heterocycles. The Morgan fingerprint density at radius 1 is 1.41 bits per heavy atom. The van der Waals surface area contributed by atoms with Gasteiger partial charge in [-0.3, -0.25) is 14.9 Å². The van der Waals surface area contributed by atoms with E-state index in [0.29, 0.717) is 0 Å². The van der Waals surface area contributed by atoms with Gasteiger partial charge in [0.25, 0.3) is 5.69 Å². The zero-order valence-corrected chi connectivity index (χ0v) is 9.48. The van der Waals surface area contributed by atoms with E-state index in [4.69, 9.17) is 5.11 Å². The van der Waals surface area contributed by atoms with Gasteiger partial charge in [-0.2, -0.15) is 0 Å². The molecule has 1 aromatic carbocycles. The van der Waals surface area contributed by atoms with E-state index in [9.17, 15) is 19.7 Å². The molecular weight excluding hydrogens is 252 g/mol. The average Bonchev–Trinajstić information content (AvgIpc) is 2.16. The predicted octanol–water partition coefficient (Wildman–Crippen LogP) is 1.67. The smallest absolute Gasteiger partial charge is 0.342 e. The molecule has 7 nitrogen and oxygen atoms in total. The molecule has 0 atom stereocenters. The Morgan fingerprint density at radius 2 is 2.00 bits per heavy atom. The largest absolute Gasteiger partial charge is 0.477 e. The Hall–Kier alpha value is -2.15. The Balaban J connectivity index is 0.00000256. The number of hydrogen-bond donors (Lipinski definition) is 2. The molecule has 92 valence electrons. The Morgan fingerprint density at radius 3 is 2.41 bits per heavy atom. The van der Waals surface area contributed by atoms with Gasteiger partial charge < -0.3 is 10.4 Å². The lowest BCUT2D eigenvalue weighted by atomic mass is 10.1. The Bertz CT molecular complexity index is 474. The van der Waals surface area contributed by atoms with Gasteiger partial charge in [-0.1, -0.05) is 0 Å². The maximum Gasteiger partial charge on any atom is 0.342 e. The number of nitrogens with zero attached hydrogens (tertiary/aromatic N) is 1. The zero-order chi connectivity index (χ0) is 12.3. The first-order valence-electron chi connectivity index (χ1n) is 4.21. The minimum Gasteiger partial charge on any atom is -0.477 e. The highest BCUT2D eigenvalue weighted by Crippen LogP contribution is 2.22. The van der Waals surface area contributed by atoms with Crippen molar-refractivity contribution < 1.29 is 19.6 Å². The molecule has 0 saturated heterocycles. The monoisotopic (exact) mass is 260 g/mol. The SMILES string of the molecule is CC(=O)Nc1ccc([N+](=O)[O-])c(C(=O)O)c1.Cl. The Kier molecular flexibility index (Phi) is 5.07. The molecule has 1 aromatic rings. The van der Waals surface area contributed by atoms with Crippen LogP contribution in [0.4, 0.5) is 11.4 Å². The molecule has 0 fully saturated rings. The number of nitro groups is 1. The number of carbonyl (C=O) groups is 2. The molecule has 1 amide bonds. The number of benzene rings is 1. The standard InChI is InChI=1S/C9H8N2O5.ClH/c1-5(12)10-6-2-3-8(11(15)16)7(4-6)9(13)14;/h2-4H,1H3,(H,10,12)(H,13,14);1H. The highest BCUT2D eigenvalue weighted by molar-refractivity contribution is 5.96. The number of hydrogen-bond acceptors (Lipinski definition) is 4. The second-order valence-corrected chi connectivity index (χ2v) is 2.98.